The summed E-state index contributed by atoms with van der Waals surface area (Å²) in [6, 6.07) is 6.84. The van der Waals surface area contributed by atoms with Crippen molar-refractivity contribution in [1.29, 1.82) is 0 Å². The number of alkyl halides is 1. The van der Waals surface area contributed by atoms with Crippen molar-refractivity contribution in [3.05, 3.63) is 75.0 Å². The Morgan fingerprint density at radius 2 is 2.17 bits per heavy atom. The third kappa shape index (κ3) is 3.02. The van der Waals surface area contributed by atoms with Gasteiger partial charge in [-0.25, -0.2) is 4.39 Å². The Hall–Kier alpha value is -3.07. The van der Waals surface area contributed by atoms with Crippen molar-refractivity contribution >= 4 is 17.1 Å². The molecule has 1 aromatic carbocycles. The van der Waals surface area contributed by atoms with Crippen molar-refractivity contribution in [3.63, 3.8) is 0 Å². The second-order valence-electron chi connectivity index (χ2n) is 7.36. The highest BCUT2D eigenvalue weighted by atomic mass is 35.5. The molecule has 0 aliphatic heterocycles. The summed E-state index contributed by atoms with van der Waals surface area (Å²) < 4.78 is 23.1. The largest absolute Gasteiger partial charge is 0.337 e. The summed E-state index contributed by atoms with van der Waals surface area (Å²) >= 11 is 5.97. The van der Waals surface area contributed by atoms with E-state index in [-0.39, 0.29) is 36.8 Å². The molecule has 1 saturated carbocycles. The van der Waals surface area contributed by atoms with E-state index in [0.29, 0.717) is 21.9 Å². The van der Waals surface area contributed by atoms with Gasteiger partial charge in [0.05, 0.1) is 6.20 Å². The van der Waals surface area contributed by atoms with Gasteiger partial charge in [-0.05, 0) is 37.5 Å². The Kier molecular flexibility index (Phi) is 4.02. The Morgan fingerprint density at radius 3 is 2.97 bits per heavy atom. The number of aryl methyl sites for hydroxylation is 1. The Labute approximate surface area is 168 Å². The predicted octanol–water partition coefficient (Wildman–Crippen LogP) is 3.03. The molecule has 4 aromatic rings. The van der Waals surface area contributed by atoms with E-state index in [1.165, 1.54) is 15.5 Å². The van der Waals surface area contributed by atoms with Crippen LogP contribution >= 0.6 is 11.6 Å². The minimum absolute atomic E-state index is 0.0851. The summed E-state index contributed by atoms with van der Waals surface area (Å²) in [5.74, 6) is 0.563. The molecular weight excluding hydrogens is 399 g/mol. The summed E-state index contributed by atoms with van der Waals surface area (Å²) in [7, 11) is 0. The van der Waals surface area contributed by atoms with E-state index >= 15 is 4.39 Å². The Morgan fingerprint density at radius 1 is 1.34 bits per heavy atom. The van der Waals surface area contributed by atoms with E-state index in [9.17, 15) is 4.79 Å². The fourth-order valence-electron chi connectivity index (χ4n) is 3.72. The molecule has 0 N–H and O–H groups in total. The first-order valence-corrected chi connectivity index (χ1v) is 9.48. The van der Waals surface area contributed by atoms with Gasteiger partial charge in [-0.15, -0.1) is 9.73 Å². The van der Waals surface area contributed by atoms with E-state index in [1.54, 1.807) is 37.4 Å². The lowest BCUT2D eigenvalue weighted by Gasteiger charge is -2.40. The van der Waals surface area contributed by atoms with Crippen LogP contribution in [0.2, 0.25) is 5.02 Å². The molecule has 10 heteroatoms. The molecule has 1 aliphatic rings. The van der Waals surface area contributed by atoms with Gasteiger partial charge in [0.15, 0.2) is 11.3 Å². The van der Waals surface area contributed by atoms with Crippen LogP contribution in [0.4, 0.5) is 4.39 Å². The van der Waals surface area contributed by atoms with Gasteiger partial charge in [-0.1, -0.05) is 28.9 Å². The molecule has 0 bridgehead atoms. The van der Waals surface area contributed by atoms with Gasteiger partial charge in [0.2, 0.25) is 5.89 Å². The van der Waals surface area contributed by atoms with Gasteiger partial charge < -0.3 is 4.52 Å². The van der Waals surface area contributed by atoms with E-state index in [4.69, 9.17) is 16.1 Å². The topological polar surface area (TPSA) is 91.1 Å². The maximum atomic E-state index is 15.1. The summed E-state index contributed by atoms with van der Waals surface area (Å²) in [6.07, 6.45) is 3.48. The Balaban J connectivity index is 1.33. The number of halogens is 2. The summed E-state index contributed by atoms with van der Waals surface area (Å²) in [6.45, 7) is 1.88. The lowest BCUT2D eigenvalue weighted by atomic mass is 9.68. The van der Waals surface area contributed by atoms with Gasteiger partial charge in [-0.2, -0.15) is 10.1 Å². The fourth-order valence-corrected chi connectivity index (χ4v) is 3.91. The first kappa shape index (κ1) is 18.0. The molecule has 0 radical (unpaired) electrons. The van der Waals surface area contributed by atoms with Crippen molar-refractivity contribution in [2.24, 2.45) is 0 Å². The van der Waals surface area contributed by atoms with Crippen LogP contribution in [-0.4, -0.2) is 29.5 Å². The number of benzene rings is 1. The lowest BCUT2D eigenvalue weighted by molar-refractivity contribution is 0.0336. The molecule has 1 fully saturated rings. The van der Waals surface area contributed by atoms with Crippen LogP contribution in [-0.2, 0) is 12.2 Å². The molecule has 0 atom stereocenters. The SMILES string of the molecule is Cc1cnn2ncn(Cc3nc([C@H]4C[C@](F)(c5cccc(Cl)c5)C4)no3)c(=O)c12. The summed E-state index contributed by atoms with van der Waals surface area (Å²) in [5.41, 5.74) is 0.00363. The van der Waals surface area contributed by atoms with Crippen LogP contribution in [0.5, 0.6) is 0 Å². The number of nitrogens with zero attached hydrogens (tertiary/aromatic N) is 6. The third-order valence-electron chi connectivity index (χ3n) is 5.33. The zero-order valence-electron chi connectivity index (χ0n) is 15.4. The van der Waals surface area contributed by atoms with E-state index in [2.05, 4.69) is 20.3 Å². The van der Waals surface area contributed by atoms with Crippen molar-refractivity contribution in [3.8, 4) is 0 Å². The van der Waals surface area contributed by atoms with Crippen molar-refractivity contribution in [1.82, 2.24) is 29.5 Å². The Bertz CT molecular complexity index is 1270. The molecule has 0 saturated heterocycles. The first-order valence-electron chi connectivity index (χ1n) is 9.10. The van der Waals surface area contributed by atoms with Gasteiger partial charge in [0.1, 0.15) is 18.5 Å². The van der Waals surface area contributed by atoms with Crippen LogP contribution in [0.15, 0.2) is 46.1 Å². The van der Waals surface area contributed by atoms with Gasteiger partial charge >= 0.3 is 0 Å². The minimum atomic E-state index is -1.44. The molecule has 1 aliphatic carbocycles. The molecule has 148 valence electrons. The molecule has 0 amide bonds. The standard InChI is InChI=1S/C19H16ClFN6O2/c1-11-8-22-27-16(11)18(28)26(10-23-27)9-15-24-17(25-29-15)12-6-19(21,7-12)13-3-2-4-14(20)5-13/h2-5,8,10,12H,6-7,9H2,1H3/t12-,19+. The van der Waals surface area contributed by atoms with Crippen LogP contribution < -0.4 is 5.56 Å². The van der Waals surface area contributed by atoms with Gasteiger partial charge in [-0.3, -0.25) is 9.36 Å². The van der Waals surface area contributed by atoms with Crippen LogP contribution in [0, 0.1) is 6.92 Å². The monoisotopic (exact) mass is 414 g/mol. The highest BCUT2D eigenvalue weighted by Crippen LogP contribution is 2.53. The zero-order valence-corrected chi connectivity index (χ0v) is 16.2. The average molecular weight is 415 g/mol. The third-order valence-corrected chi connectivity index (χ3v) is 5.57. The maximum Gasteiger partial charge on any atom is 0.280 e. The molecule has 29 heavy (non-hydrogen) atoms. The second kappa shape index (κ2) is 6.48. The zero-order chi connectivity index (χ0) is 20.2. The van der Waals surface area contributed by atoms with Crippen molar-refractivity contribution < 1.29 is 8.91 Å². The number of aromatic nitrogens is 6. The van der Waals surface area contributed by atoms with Crippen molar-refractivity contribution in [2.45, 2.75) is 37.9 Å². The minimum Gasteiger partial charge on any atom is -0.337 e. The van der Waals surface area contributed by atoms with E-state index in [1.807, 2.05) is 0 Å². The number of fused-ring (bicyclic) bond motifs is 1. The average Bonchev–Trinajstić information content (AvgIpc) is 3.28. The lowest BCUT2D eigenvalue weighted by Crippen LogP contribution is -2.36. The van der Waals surface area contributed by atoms with Crippen LogP contribution in [0.25, 0.3) is 5.52 Å². The molecule has 3 aromatic heterocycles. The number of hydrogen-bond donors (Lipinski definition) is 0. The molecule has 3 heterocycles. The fraction of sp³-hybridized carbons (Fsp3) is 0.316. The predicted molar refractivity (Wildman–Crippen MR) is 102 cm³/mol. The second-order valence-corrected chi connectivity index (χ2v) is 7.79. The summed E-state index contributed by atoms with van der Waals surface area (Å²) in [5, 5.41) is 12.6. The maximum absolute atomic E-state index is 15.1. The summed E-state index contributed by atoms with van der Waals surface area (Å²) in [4.78, 5) is 17.0. The molecule has 5 rings (SSSR count). The van der Waals surface area contributed by atoms with E-state index < -0.39 is 5.67 Å². The van der Waals surface area contributed by atoms with E-state index in [0.717, 1.165) is 5.56 Å². The van der Waals surface area contributed by atoms with Crippen LogP contribution in [0.3, 0.4) is 0 Å². The molecule has 0 unspecified atom stereocenters. The molecule has 8 nitrogen and oxygen atoms in total. The number of rotatable bonds is 4. The van der Waals surface area contributed by atoms with Gasteiger partial charge in [0, 0.05) is 16.5 Å². The van der Waals surface area contributed by atoms with Gasteiger partial charge in [0.25, 0.3) is 5.56 Å². The highest BCUT2D eigenvalue weighted by Gasteiger charge is 2.48. The number of hydrogen-bond acceptors (Lipinski definition) is 6. The first-order chi connectivity index (χ1) is 13.9. The smallest absolute Gasteiger partial charge is 0.280 e. The quantitative estimate of drug-likeness (QED) is 0.509. The molecule has 0 spiro atoms. The van der Waals surface area contributed by atoms with Crippen LogP contribution in [0.1, 0.15) is 41.6 Å². The normalized spacial score (nSPS) is 21.4. The highest BCUT2D eigenvalue weighted by molar-refractivity contribution is 6.30. The molecular formula is C19H16ClFN6O2. The van der Waals surface area contributed by atoms with Crippen molar-refractivity contribution in [2.75, 3.05) is 0 Å².